The minimum atomic E-state index is -1.48. The molecule has 0 N–H and O–H groups in total. The Bertz CT molecular complexity index is 1300. The van der Waals surface area contributed by atoms with Crippen molar-refractivity contribution in [2.45, 2.75) is 72.1 Å². The van der Waals surface area contributed by atoms with E-state index in [2.05, 4.69) is 37.2 Å². The van der Waals surface area contributed by atoms with Crippen LogP contribution in [0.25, 0.3) is 0 Å². The van der Waals surface area contributed by atoms with Gasteiger partial charge in [0.1, 0.15) is 20.4 Å². The summed E-state index contributed by atoms with van der Waals surface area (Å²) in [6, 6.07) is 23.5. The van der Waals surface area contributed by atoms with Crippen molar-refractivity contribution in [2.75, 3.05) is 7.11 Å². The monoisotopic (exact) mass is 576 g/mol. The molecule has 0 heterocycles. The Morgan fingerprint density at radius 2 is 1.60 bits per heavy atom. The van der Waals surface area contributed by atoms with Crippen molar-refractivity contribution in [3.05, 3.63) is 100 Å². The number of ether oxygens (including phenoxy) is 3. The van der Waals surface area contributed by atoms with E-state index < -0.39 is 13.5 Å². The van der Waals surface area contributed by atoms with Crippen LogP contribution in [0, 0.1) is 16.9 Å². The van der Waals surface area contributed by atoms with E-state index in [0.29, 0.717) is 24.7 Å². The summed E-state index contributed by atoms with van der Waals surface area (Å²) in [6.07, 6.45) is 1.44. The Morgan fingerprint density at radius 3 is 2.25 bits per heavy atom. The first-order valence-electron chi connectivity index (χ1n) is 13.7. The van der Waals surface area contributed by atoms with Gasteiger partial charge < -0.3 is 14.2 Å². The van der Waals surface area contributed by atoms with E-state index in [-0.39, 0.29) is 18.5 Å². The summed E-state index contributed by atoms with van der Waals surface area (Å²) in [5.41, 5.74) is 6.61. The van der Waals surface area contributed by atoms with Crippen molar-refractivity contribution in [3.8, 4) is 17.2 Å². The highest BCUT2D eigenvalue weighted by molar-refractivity contribution is 6.83. The molecular formula is C34H41ClO4Si. The van der Waals surface area contributed by atoms with Crippen molar-refractivity contribution in [1.29, 1.82) is 0 Å². The maximum absolute atomic E-state index is 13.5. The van der Waals surface area contributed by atoms with E-state index in [1.54, 1.807) is 7.11 Å². The van der Waals surface area contributed by atoms with Crippen LogP contribution >= 0.6 is 11.6 Å². The number of benzene rings is 3. The lowest BCUT2D eigenvalue weighted by atomic mass is 9.72. The van der Waals surface area contributed by atoms with Crippen LogP contribution in [0.1, 0.15) is 54.9 Å². The Balaban J connectivity index is 1.79. The van der Waals surface area contributed by atoms with Gasteiger partial charge in [-0.3, -0.25) is 4.79 Å². The zero-order chi connectivity index (χ0) is 29.2. The molecule has 0 aromatic heterocycles. The summed E-state index contributed by atoms with van der Waals surface area (Å²) in [5.74, 6) is 3.85. The summed E-state index contributed by atoms with van der Waals surface area (Å²) in [6.45, 7) is 11.7. The van der Waals surface area contributed by atoms with Crippen LogP contribution < -0.4 is 4.74 Å². The molecule has 0 bridgehead atoms. The van der Waals surface area contributed by atoms with E-state index >= 15 is 0 Å². The van der Waals surface area contributed by atoms with Crippen LogP contribution in [0.2, 0.25) is 24.7 Å². The fourth-order valence-corrected chi connectivity index (χ4v) is 5.29. The average molecular weight is 577 g/mol. The zero-order valence-corrected chi connectivity index (χ0v) is 26.3. The molecule has 3 rings (SSSR count). The molecule has 0 aliphatic carbocycles. The first kappa shape index (κ1) is 31.5. The Kier molecular flexibility index (Phi) is 11.5. The average Bonchev–Trinajstić information content (AvgIpc) is 2.93. The molecule has 6 heteroatoms. The van der Waals surface area contributed by atoms with Gasteiger partial charge in [0.15, 0.2) is 0 Å². The highest BCUT2D eigenvalue weighted by atomic mass is 35.5. The van der Waals surface area contributed by atoms with Gasteiger partial charge in [-0.05, 0) is 60.7 Å². The highest BCUT2D eigenvalue weighted by Gasteiger charge is 2.39. The summed E-state index contributed by atoms with van der Waals surface area (Å²) in [4.78, 5) is 13.5. The van der Waals surface area contributed by atoms with Gasteiger partial charge in [-0.1, -0.05) is 85.8 Å². The number of esters is 1. The Labute approximate surface area is 246 Å². The van der Waals surface area contributed by atoms with Gasteiger partial charge in [0.05, 0.1) is 25.7 Å². The summed E-state index contributed by atoms with van der Waals surface area (Å²) in [5, 5.41) is 0.639. The fourth-order valence-electron chi connectivity index (χ4n) is 4.46. The molecule has 0 aliphatic rings. The number of methoxy groups -OCH3 is 1. The molecule has 0 amide bonds. The van der Waals surface area contributed by atoms with Crippen LogP contribution in [-0.4, -0.2) is 21.2 Å². The van der Waals surface area contributed by atoms with Gasteiger partial charge in [-0.2, -0.15) is 0 Å². The van der Waals surface area contributed by atoms with Gasteiger partial charge >= 0.3 is 5.97 Å². The molecule has 212 valence electrons. The summed E-state index contributed by atoms with van der Waals surface area (Å²) >= 11 is 6.59. The van der Waals surface area contributed by atoms with Crippen LogP contribution in [0.5, 0.6) is 5.75 Å². The van der Waals surface area contributed by atoms with Crippen LogP contribution in [-0.2, 0) is 34.1 Å². The SMILES string of the molecule is COc1ccc(COCc2cc(C(CCC#C[Si](C)(C)C)C(C)(C)C(=O)OCc3ccccc3)ccc2Cl)cc1. The van der Waals surface area contributed by atoms with Gasteiger partial charge in [-0.15, -0.1) is 11.5 Å². The maximum Gasteiger partial charge on any atom is 0.312 e. The lowest BCUT2D eigenvalue weighted by Crippen LogP contribution is -2.33. The molecule has 1 atom stereocenters. The second-order valence-electron chi connectivity index (χ2n) is 11.6. The molecule has 0 spiro atoms. The molecule has 4 nitrogen and oxygen atoms in total. The second kappa shape index (κ2) is 14.5. The lowest BCUT2D eigenvalue weighted by molar-refractivity contribution is -0.156. The molecule has 0 saturated carbocycles. The molecule has 0 radical (unpaired) electrons. The number of rotatable bonds is 12. The van der Waals surface area contributed by atoms with Crippen molar-refractivity contribution in [2.24, 2.45) is 5.41 Å². The third-order valence-electron chi connectivity index (χ3n) is 6.79. The summed E-state index contributed by atoms with van der Waals surface area (Å²) < 4.78 is 17.1. The quantitative estimate of drug-likeness (QED) is 0.123. The van der Waals surface area contributed by atoms with E-state index in [4.69, 9.17) is 25.8 Å². The largest absolute Gasteiger partial charge is 0.497 e. The minimum absolute atomic E-state index is 0.107. The van der Waals surface area contributed by atoms with E-state index in [1.807, 2.05) is 80.6 Å². The number of halogens is 1. The summed E-state index contributed by atoms with van der Waals surface area (Å²) in [7, 11) is 0.165. The van der Waals surface area contributed by atoms with Crippen molar-refractivity contribution in [3.63, 3.8) is 0 Å². The predicted octanol–water partition coefficient (Wildman–Crippen LogP) is 8.58. The maximum atomic E-state index is 13.5. The van der Waals surface area contributed by atoms with Gasteiger partial charge in [0.2, 0.25) is 0 Å². The smallest absolute Gasteiger partial charge is 0.312 e. The number of hydrogen-bond acceptors (Lipinski definition) is 4. The second-order valence-corrected chi connectivity index (χ2v) is 16.8. The van der Waals surface area contributed by atoms with E-state index in [0.717, 1.165) is 34.4 Å². The van der Waals surface area contributed by atoms with Crippen molar-refractivity contribution in [1.82, 2.24) is 0 Å². The zero-order valence-electron chi connectivity index (χ0n) is 24.6. The third-order valence-corrected chi connectivity index (χ3v) is 8.08. The first-order valence-corrected chi connectivity index (χ1v) is 17.6. The topological polar surface area (TPSA) is 44.8 Å². The molecule has 3 aromatic rings. The van der Waals surface area contributed by atoms with Crippen LogP contribution in [0.4, 0.5) is 0 Å². The van der Waals surface area contributed by atoms with Crippen LogP contribution in [0.15, 0.2) is 72.8 Å². The minimum Gasteiger partial charge on any atom is -0.497 e. The molecule has 40 heavy (non-hydrogen) atoms. The Hall–Kier alpha value is -3.04. The molecule has 1 unspecified atom stereocenters. The number of carbonyl (C=O) groups is 1. The van der Waals surface area contributed by atoms with E-state index in [9.17, 15) is 4.79 Å². The van der Waals surface area contributed by atoms with Gasteiger partial charge in [0, 0.05) is 17.4 Å². The van der Waals surface area contributed by atoms with E-state index in [1.165, 1.54) is 0 Å². The van der Waals surface area contributed by atoms with Crippen LogP contribution in [0.3, 0.4) is 0 Å². The fraction of sp³-hybridized carbons (Fsp3) is 0.382. The third kappa shape index (κ3) is 9.55. The molecule has 0 saturated heterocycles. The number of carbonyl (C=O) groups excluding carboxylic acids is 1. The normalized spacial score (nSPS) is 12.3. The van der Waals surface area contributed by atoms with Gasteiger partial charge in [-0.25, -0.2) is 0 Å². The molecule has 0 aliphatic heterocycles. The molecule has 3 aromatic carbocycles. The highest BCUT2D eigenvalue weighted by Crippen LogP contribution is 2.41. The number of hydrogen-bond donors (Lipinski definition) is 0. The van der Waals surface area contributed by atoms with Gasteiger partial charge in [0.25, 0.3) is 0 Å². The first-order chi connectivity index (χ1) is 19.0. The Morgan fingerprint density at radius 1 is 0.925 bits per heavy atom. The van der Waals surface area contributed by atoms with Crippen molar-refractivity contribution < 1.29 is 19.0 Å². The lowest BCUT2D eigenvalue weighted by Gasteiger charge is -2.33. The molecule has 0 fully saturated rings. The van der Waals surface area contributed by atoms with Crippen molar-refractivity contribution >= 4 is 25.6 Å². The molecular weight excluding hydrogens is 536 g/mol. The predicted molar refractivity (Wildman–Crippen MR) is 166 cm³/mol. The standard InChI is InChI=1S/C34H41ClO4Si/c1-34(2,33(36)39-24-26-12-8-7-9-13-26)31(14-10-11-21-40(4,5)6)28-17-20-32(35)29(22-28)25-38-23-27-15-18-30(37-3)19-16-27/h7-9,12-13,15-20,22,31H,10,14,23-25H2,1-6H3.